The molecule has 38 heavy (non-hydrogen) atoms. The highest BCUT2D eigenvalue weighted by Gasteiger charge is 2.40. The van der Waals surface area contributed by atoms with Gasteiger partial charge in [0, 0.05) is 65.2 Å². The Labute approximate surface area is 232 Å². The van der Waals surface area contributed by atoms with E-state index < -0.39 is 28.8 Å². The number of likely N-dealkylation sites (tertiary alicyclic amines) is 1. The van der Waals surface area contributed by atoms with Gasteiger partial charge in [-0.1, -0.05) is 17.7 Å². The lowest BCUT2D eigenvalue weighted by molar-refractivity contribution is -0.136. The molecule has 0 amide bonds. The Bertz CT molecular complexity index is 1270. The average molecular weight is 582 g/mol. The van der Waals surface area contributed by atoms with Crippen molar-refractivity contribution in [3.05, 3.63) is 62.5 Å². The Morgan fingerprint density at radius 3 is 2.97 bits per heavy atom. The van der Waals surface area contributed by atoms with E-state index in [9.17, 15) is 13.4 Å². The van der Waals surface area contributed by atoms with Crippen LogP contribution in [0.3, 0.4) is 0 Å². The van der Waals surface area contributed by atoms with Gasteiger partial charge in [0.2, 0.25) is 0 Å². The molecule has 0 saturated carbocycles. The summed E-state index contributed by atoms with van der Waals surface area (Å²) < 4.78 is 40.0. The SMILES string of the molecule is COC(=O)C1=C(CN2CC[C@H](NS(C)=O)CC3COC[C@H]32)NC(c2nccs2)=N[C@H]1c1ccc(F)cc1Cl. The topological polar surface area (TPSA) is 105 Å². The van der Waals surface area contributed by atoms with Crippen molar-refractivity contribution in [1.29, 1.82) is 0 Å². The molecule has 0 bridgehead atoms. The zero-order valence-corrected chi connectivity index (χ0v) is 23.4. The standard InChI is InChI=1S/C25H29ClFN5O4S2/c1-35-25(33)21-19(11-32-7-5-16(31-38(2)34)9-14-12-36-13-20(14)32)29-23(24-28-6-8-37-24)30-22(21)17-4-3-15(27)10-18(17)26/h3-4,6,8,10,14,16,20,22,31H,5,7,9,11-13H2,1-2H3,(H,29,30)/t14?,16-,20+,22-,38?/m0/s1. The van der Waals surface area contributed by atoms with Crippen molar-refractivity contribution in [2.24, 2.45) is 10.9 Å². The van der Waals surface area contributed by atoms with Crippen LogP contribution in [0.25, 0.3) is 0 Å². The molecule has 5 atom stereocenters. The van der Waals surface area contributed by atoms with E-state index in [-0.39, 0.29) is 23.0 Å². The predicted octanol–water partition coefficient (Wildman–Crippen LogP) is 2.82. The lowest BCUT2D eigenvalue weighted by Gasteiger charge is -2.33. The van der Waals surface area contributed by atoms with Gasteiger partial charge in [-0.05, 0) is 25.0 Å². The number of rotatable bonds is 7. The van der Waals surface area contributed by atoms with Gasteiger partial charge in [0.1, 0.15) is 11.9 Å². The van der Waals surface area contributed by atoms with Gasteiger partial charge >= 0.3 is 5.97 Å². The van der Waals surface area contributed by atoms with Crippen molar-refractivity contribution in [2.45, 2.75) is 31.0 Å². The molecule has 0 aliphatic carbocycles. The van der Waals surface area contributed by atoms with Gasteiger partial charge in [-0.2, -0.15) is 0 Å². The molecule has 2 saturated heterocycles. The van der Waals surface area contributed by atoms with E-state index in [1.807, 2.05) is 5.38 Å². The molecule has 0 spiro atoms. The van der Waals surface area contributed by atoms with Crippen LogP contribution in [-0.4, -0.2) is 77.7 Å². The van der Waals surface area contributed by atoms with Crippen LogP contribution in [0.1, 0.15) is 29.5 Å². The van der Waals surface area contributed by atoms with Crippen LogP contribution in [0.4, 0.5) is 4.39 Å². The van der Waals surface area contributed by atoms with Gasteiger partial charge in [0.15, 0.2) is 10.8 Å². The molecule has 204 valence electrons. The van der Waals surface area contributed by atoms with E-state index in [0.717, 1.165) is 12.8 Å². The normalized spacial score (nSPS) is 26.8. The zero-order valence-electron chi connectivity index (χ0n) is 21.0. The number of aliphatic imine (C=N–C) groups is 1. The van der Waals surface area contributed by atoms with E-state index in [0.29, 0.717) is 54.0 Å². The van der Waals surface area contributed by atoms with Crippen molar-refractivity contribution < 1.29 is 22.9 Å². The molecule has 0 radical (unpaired) electrons. The quantitative estimate of drug-likeness (QED) is 0.485. The molecule has 1 aromatic carbocycles. The number of benzene rings is 1. The van der Waals surface area contributed by atoms with Crippen LogP contribution in [0, 0.1) is 11.7 Å². The van der Waals surface area contributed by atoms with E-state index in [4.69, 9.17) is 26.1 Å². The Kier molecular flexibility index (Phi) is 8.56. The largest absolute Gasteiger partial charge is 0.466 e. The lowest BCUT2D eigenvalue weighted by Crippen LogP contribution is -2.45. The van der Waals surface area contributed by atoms with Crippen LogP contribution in [0.5, 0.6) is 0 Å². The van der Waals surface area contributed by atoms with Crippen molar-refractivity contribution in [2.75, 3.05) is 39.7 Å². The van der Waals surface area contributed by atoms with Crippen LogP contribution >= 0.6 is 22.9 Å². The number of ether oxygens (including phenoxy) is 2. The first-order valence-electron chi connectivity index (χ1n) is 12.3. The molecule has 2 N–H and O–H groups in total. The summed E-state index contributed by atoms with van der Waals surface area (Å²) in [5, 5.41) is 6.02. The third-order valence-electron chi connectivity index (χ3n) is 7.10. The first-order valence-corrected chi connectivity index (χ1v) is 15.1. The van der Waals surface area contributed by atoms with Crippen LogP contribution in [-0.2, 0) is 25.3 Å². The molecule has 2 fully saturated rings. The van der Waals surface area contributed by atoms with Gasteiger partial charge in [0.25, 0.3) is 0 Å². The summed E-state index contributed by atoms with van der Waals surface area (Å²) in [6.07, 6.45) is 4.99. The third kappa shape index (κ3) is 5.85. The molecular formula is C25H29ClFN5O4S2. The molecule has 4 heterocycles. The summed E-state index contributed by atoms with van der Waals surface area (Å²) >= 11 is 7.88. The number of nitrogens with one attached hydrogen (secondary N) is 2. The first kappa shape index (κ1) is 27.4. The van der Waals surface area contributed by atoms with Gasteiger partial charge in [-0.3, -0.25) is 9.89 Å². The van der Waals surface area contributed by atoms with Crippen LogP contribution in [0.15, 0.2) is 46.0 Å². The minimum atomic E-state index is -1.11. The second-order valence-electron chi connectivity index (χ2n) is 9.52. The van der Waals surface area contributed by atoms with Gasteiger partial charge in [0.05, 0.1) is 36.9 Å². The molecule has 13 heteroatoms. The van der Waals surface area contributed by atoms with Crippen molar-refractivity contribution in [3.63, 3.8) is 0 Å². The van der Waals surface area contributed by atoms with Gasteiger partial charge < -0.3 is 14.8 Å². The van der Waals surface area contributed by atoms with Crippen molar-refractivity contribution in [1.82, 2.24) is 19.9 Å². The van der Waals surface area contributed by atoms with Gasteiger partial charge in [-0.25, -0.2) is 23.1 Å². The average Bonchev–Trinajstić information content (AvgIpc) is 3.55. The number of thiazole rings is 1. The maximum Gasteiger partial charge on any atom is 0.338 e. The van der Waals surface area contributed by atoms with Crippen molar-refractivity contribution in [3.8, 4) is 0 Å². The smallest absolute Gasteiger partial charge is 0.338 e. The summed E-state index contributed by atoms with van der Waals surface area (Å²) in [6, 6.07) is 3.49. The Morgan fingerprint density at radius 2 is 2.26 bits per heavy atom. The molecule has 3 aliphatic rings. The molecule has 3 aliphatic heterocycles. The minimum Gasteiger partial charge on any atom is -0.466 e. The van der Waals surface area contributed by atoms with E-state index >= 15 is 0 Å². The number of amidine groups is 1. The summed E-state index contributed by atoms with van der Waals surface area (Å²) in [5.41, 5.74) is 1.43. The number of aromatic nitrogens is 1. The number of fused-ring (bicyclic) bond motifs is 1. The highest BCUT2D eigenvalue weighted by Crippen LogP contribution is 2.38. The fourth-order valence-corrected chi connectivity index (χ4v) is 6.94. The molecule has 2 aromatic rings. The monoisotopic (exact) mass is 581 g/mol. The molecule has 1 aromatic heterocycles. The summed E-state index contributed by atoms with van der Waals surface area (Å²) in [5.74, 6) is -0.259. The predicted molar refractivity (Wildman–Crippen MR) is 145 cm³/mol. The van der Waals surface area contributed by atoms with Crippen LogP contribution in [0.2, 0.25) is 5.02 Å². The molecular weight excluding hydrogens is 553 g/mol. The second kappa shape index (κ2) is 11.9. The van der Waals surface area contributed by atoms with E-state index in [1.54, 1.807) is 18.5 Å². The number of halogens is 2. The fraction of sp³-hybridized carbons (Fsp3) is 0.480. The van der Waals surface area contributed by atoms with Gasteiger partial charge in [-0.15, -0.1) is 11.3 Å². The zero-order chi connectivity index (χ0) is 26.8. The highest BCUT2D eigenvalue weighted by atomic mass is 35.5. The highest BCUT2D eigenvalue weighted by molar-refractivity contribution is 7.82. The number of esters is 1. The number of nitrogens with zero attached hydrogens (tertiary/aromatic N) is 3. The fourth-order valence-electron chi connectivity index (χ4n) is 5.40. The third-order valence-corrected chi connectivity index (χ3v) is 8.88. The van der Waals surface area contributed by atoms with Crippen LogP contribution < -0.4 is 10.0 Å². The lowest BCUT2D eigenvalue weighted by atomic mass is 9.94. The number of carbonyl (C=O) groups excluding carboxylic acids is 1. The molecule has 5 rings (SSSR count). The number of hydrogen-bond donors (Lipinski definition) is 2. The summed E-state index contributed by atoms with van der Waals surface area (Å²) in [7, 11) is 0.210. The summed E-state index contributed by atoms with van der Waals surface area (Å²) in [4.78, 5) is 24.8. The minimum absolute atomic E-state index is 0.103. The maximum absolute atomic E-state index is 13.9. The number of hydrogen-bond acceptors (Lipinski definition) is 9. The molecule has 2 unspecified atom stereocenters. The Hall–Kier alpha value is -2.22. The van der Waals surface area contributed by atoms with Crippen molar-refractivity contribution >= 4 is 45.7 Å². The summed E-state index contributed by atoms with van der Waals surface area (Å²) in [6.45, 7) is 2.32. The second-order valence-corrected chi connectivity index (χ2v) is 12.0. The first-order chi connectivity index (χ1) is 18.3. The number of methoxy groups -OCH3 is 1. The van der Waals surface area contributed by atoms with E-state index in [1.165, 1.54) is 30.6 Å². The Morgan fingerprint density at radius 1 is 1.42 bits per heavy atom. The molecule has 9 nitrogen and oxygen atoms in total. The maximum atomic E-state index is 13.9. The Balaban J connectivity index is 1.55. The number of carbonyl (C=O) groups is 1. The van der Waals surface area contributed by atoms with E-state index in [2.05, 4.69) is 19.9 Å².